The van der Waals surface area contributed by atoms with Crippen LogP contribution in [0, 0.1) is 16.7 Å². The number of nitrogens with zero attached hydrogens (tertiary/aromatic N) is 2. The molecule has 0 spiro atoms. The third-order valence-electron chi connectivity index (χ3n) is 5.99. The van der Waals surface area contributed by atoms with E-state index in [0.29, 0.717) is 19.3 Å². The van der Waals surface area contributed by atoms with E-state index in [0.717, 1.165) is 30.5 Å². The molecule has 5 heteroatoms. The summed E-state index contributed by atoms with van der Waals surface area (Å²) in [4.78, 5) is 27.2. The highest BCUT2D eigenvalue weighted by Gasteiger charge is 2.52. The fourth-order valence-electron chi connectivity index (χ4n) is 4.50. The topological polar surface area (TPSA) is 70.4 Å². The lowest BCUT2D eigenvalue weighted by Gasteiger charge is -2.44. The normalized spacial score (nSPS) is 27.4. The molecule has 3 rings (SSSR count). The van der Waals surface area contributed by atoms with Crippen LogP contribution in [0.1, 0.15) is 56.9 Å². The summed E-state index contributed by atoms with van der Waals surface area (Å²) in [6.45, 7) is 2.03. The van der Waals surface area contributed by atoms with Crippen molar-refractivity contribution in [1.29, 1.82) is 5.26 Å². The molecule has 132 valence electrons. The number of hydrogen-bond acceptors (Lipinski definition) is 4. The minimum Gasteiger partial charge on any atom is -0.469 e. The smallest absolute Gasteiger partial charge is 0.306 e. The van der Waals surface area contributed by atoms with Crippen LogP contribution in [0.3, 0.4) is 0 Å². The molecule has 2 aliphatic rings. The van der Waals surface area contributed by atoms with E-state index in [9.17, 15) is 9.59 Å². The Morgan fingerprint density at radius 3 is 2.88 bits per heavy atom. The average molecular weight is 340 g/mol. The first-order chi connectivity index (χ1) is 12.1. The number of methoxy groups -OCH3 is 1. The number of carbonyl (C=O) groups excluding carboxylic acids is 2. The Bertz CT molecular complexity index is 724. The fraction of sp³-hybridized carbons (Fsp3) is 0.550. The number of rotatable bonds is 5. The zero-order valence-electron chi connectivity index (χ0n) is 14.8. The highest BCUT2D eigenvalue weighted by atomic mass is 16.5. The number of nitriles is 1. The molecule has 1 aromatic carbocycles. The molecule has 0 N–H and O–H groups in total. The number of anilines is 1. The standard InChI is InChI=1S/C20H24N2O3/c1-3-20(10-6-12-21)11-9-17-15(13-18(23)25-2)14-7-4-5-8-16(14)22(17)19(20)24/h4-5,7-8,15,17H,3,6,9-11,13H2,1-2H3/t15-,17+,20-/m1/s1. The number of amides is 1. The summed E-state index contributed by atoms with van der Waals surface area (Å²) in [5.74, 6) is -0.148. The van der Waals surface area contributed by atoms with Crippen LogP contribution < -0.4 is 4.90 Å². The van der Waals surface area contributed by atoms with Crippen LogP contribution in [0.25, 0.3) is 0 Å². The molecule has 5 nitrogen and oxygen atoms in total. The summed E-state index contributed by atoms with van der Waals surface area (Å²) in [5, 5.41) is 8.98. The molecule has 25 heavy (non-hydrogen) atoms. The molecule has 1 saturated heterocycles. The third-order valence-corrected chi connectivity index (χ3v) is 5.99. The molecule has 3 atom stereocenters. The van der Waals surface area contributed by atoms with Gasteiger partial charge in [0.25, 0.3) is 0 Å². The monoisotopic (exact) mass is 340 g/mol. The Morgan fingerprint density at radius 1 is 1.44 bits per heavy atom. The van der Waals surface area contributed by atoms with E-state index in [1.54, 1.807) is 0 Å². The summed E-state index contributed by atoms with van der Waals surface area (Å²) >= 11 is 0. The Kier molecular flexibility index (Phi) is 4.80. The van der Waals surface area contributed by atoms with Gasteiger partial charge in [-0.2, -0.15) is 5.26 Å². The number of para-hydroxylation sites is 1. The maximum absolute atomic E-state index is 13.4. The maximum atomic E-state index is 13.4. The van der Waals surface area contributed by atoms with E-state index in [4.69, 9.17) is 10.00 Å². The molecule has 2 heterocycles. The van der Waals surface area contributed by atoms with E-state index >= 15 is 0 Å². The number of ether oxygens (including phenoxy) is 1. The van der Waals surface area contributed by atoms with Gasteiger partial charge in [0.2, 0.25) is 5.91 Å². The molecule has 0 radical (unpaired) electrons. The molecule has 2 aliphatic heterocycles. The van der Waals surface area contributed by atoms with Crippen molar-refractivity contribution in [3.63, 3.8) is 0 Å². The van der Waals surface area contributed by atoms with E-state index in [1.807, 2.05) is 36.1 Å². The van der Waals surface area contributed by atoms with Gasteiger partial charge in [0, 0.05) is 24.1 Å². The minimum absolute atomic E-state index is 0.00533. The second-order valence-corrected chi connectivity index (χ2v) is 7.02. The van der Waals surface area contributed by atoms with Gasteiger partial charge in [0.05, 0.1) is 25.0 Å². The van der Waals surface area contributed by atoms with Gasteiger partial charge < -0.3 is 9.64 Å². The Hall–Kier alpha value is -2.35. The molecule has 1 fully saturated rings. The van der Waals surface area contributed by atoms with Crippen LogP contribution in [0.4, 0.5) is 5.69 Å². The molecule has 0 bridgehead atoms. The largest absolute Gasteiger partial charge is 0.469 e. The SMILES string of the molecule is CC[C@@]1(CCC#N)CC[C@H]2[C@H](CC(=O)OC)c3ccccc3N2C1=O. The predicted octanol–water partition coefficient (Wildman–Crippen LogP) is 3.54. The van der Waals surface area contributed by atoms with Gasteiger partial charge in [-0.05, 0) is 37.3 Å². The van der Waals surface area contributed by atoms with Crippen molar-refractivity contribution in [2.24, 2.45) is 5.41 Å². The number of hydrogen-bond donors (Lipinski definition) is 0. The zero-order valence-corrected chi connectivity index (χ0v) is 14.8. The van der Waals surface area contributed by atoms with Crippen molar-refractivity contribution in [2.75, 3.05) is 12.0 Å². The van der Waals surface area contributed by atoms with E-state index < -0.39 is 5.41 Å². The van der Waals surface area contributed by atoms with Crippen LogP contribution >= 0.6 is 0 Å². The molecule has 0 saturated carbocycles. The maximum Gasteiger partial charge on any atom is 0.306 e. The highest BCUT2D eigenvalue weighted by molar-refractivity contribution is 6.01. The van der Waals surface area contributed by atoms with Crippen LogP contribution in [-0.2, 0) is 14.3 Å². The summed E-state index contributed by atoms with van der Waals surface area (Å²) in [6.07, 6.45) is 3.65. The second-order valence-electron chi connectivity index (χ2n) is 7.02. The molecule has 0 aromatic heterocycles. The van der Waals surface area contributed by atoms with Crippen molar-refractivity contribution in [3.05, 3.63) is 29.8 Å². The van der Waals surface area contributed by atoms with Crippen molar-refractivity contribution in [3.8, 4) is 6.07 Å². The van der Waals surface area contributed by atoms with Gasteiger partial charge >= 0.3 is 5.97 Å². The highest BCUT2D eigenvalue weighted by Crippen LogP contribution is 2.52. The first kappa shape index (κ1) is 17.5. The van der Waals surface area contributed by atoms with Crippen LogP contribution in [-0.4, -0.2) is 25.0 Å². The predicted molar refractivity (Wildman–Crippen MR) is 93.9 cm³/mol. The number of benzene rings is 1. The fourth-order valence-corrected chi connectivity index (χ4v) is 4.50. The first-order valence-electron chi connectivity index (χ1n) is 8.94. The molecule has 0 unspecified atom stereocenters. The lowest BCUT2D eigenvalue weighted by atomic mass is 9.70. The van der Waals surface area contributed by atoms with E-state index in [-0.39, 0.29) is 23.8 Å². The Morgan fingerprint density at radius 2 is 2.20 bits per heavy atom. The van der Waals surface area contributed by atoms with Gasteiger partial charge in [-0.15, -0.1) is 0 Å². The lowest BCUT2D eigenvalue weighted by molar-refractivity contribution is -0.141. The number of fused-ring (bicyclic) bond motifs is 3. The van der Waals surface area contributed by atoms with Crippen LogP contribution in [0.5, 0.6) is 0 Å². The second kappa shape index (κ2) is 6.87. The molecular formula is C20H24N2O3. The van der Waals surface area contributed by atoms with Gasteiger partial charge in [-0.3, -0.25) is 9.59 Å². The molecular weight excluding hydrogens is 316 g/mol. The van der Waals surface area contributed by atoms with E-state index in [2.05, 4.69) is 6.07 Å². The van der Waals surface area contributed by atoms with Crippen molar-refractivity contribution < 1.29 is 14.3 Å². The van der Waals surface area contributed by atoms with Crippen molar-refractivity contribution in [1.82, 2.24) is 0 Å². The van der Waals surface area contributed by atoms with Crippen molar-refractivity contribution in [2.45, 2.75) is 57.4 Å². The van der Waals surface area contributed by atoms with Crippen molar-refractivity contribution >= 4 is 17.6 Å². The van der Waals surface area contributed by atoms with Gasteiger partial charge in [-0.1, -0.05) is 25.1 Å². The minimum atomic E-state index is -0.459. The molecule has 1 aromatic rings. The molecule has 0 aliphatic carbocycles. The number of piperidine rings is 1. The zero-order chi connectivity index (χ0) is 18.0. The first-order valence-corrected chi connectivity index (χ1v) is 8.94. The van der Waals surface area contributed by atoms with Gasteiger partial charge in [-0.25, -0.2) is 0 Å². The number of esters is 1. The van der Waals surface area contributed by atoms with Crippen LogP contribution in [0.15, 0.2) is 24.3 Å². The van der Waals surface area contributed by atoms with Crippen LogP contribution in [0.2, 0.25) is 0 Å². The summed E-state index contributed by atoms with van der Waals surface area (Å²) in [6, 6.07) is 10.1. The summed E-state index contributed by atoms with van der Waals surface area (Å²) in [5.41, 5.74) is 1.51. The summed E-state index contributed by atoms with van der Waals surface area (Å²) in [7, 11) is 1.40. The van der Waals surface area contributed by atoms with Gasteiger partial charge in [0.15, 0.2) is 0 Å². The number of carbonyl (C=O) groups is 2. The lowest BCUT2D eigenvalue weighted by Crippen LogP contribution is -2.53. The quantitative estimate of drug-likeness (QED) is 0.769. The van der Waals surface area contributed by atoms with E-state index in [1.165, 1.54) is 7.11 Å². The third kappa shape index (κ3) is 2.80. The molecule has 1 amide bonds. The van der Waals surface area contributed by atoms with Gasteiger partial charge in [0.1, 0.15) is 0 Å². The Balaban J connectivity index is 1.98. The Labute approximate surface area is 148 Å². The summed E-state index contributed by atoms with van der Waals surface area (Å²) < 4.78 is 4.87. The average Bonchev–Trinajstić information content (AvgIpc) is 2.96.